The zero-order valence-electron chi connectivity index (χ0n) is 57.4. The molecule has 7 N–H and O–H groups in total. The molecule has 15 nitrogen and oxygen atoms in total. The Labute approximate surface area is 580 Å². The number of carbonyl (C=O) groups is 3. The average Bonchev–Trinajstić information content (AvgIpc) is 1.55. The molecule has 12 atom stereocenters. The fourth-order valence-corrected chi connectivity index (χ4v) is 21.3. The maximum atomic E-state index is 16.0. The van der Waals surface area contributed by atoms with Crippen LogP contribution in [0.5, 0.6) is 34.5 Å². The minimum atomic E-state index is -0.840. The number of aromatic nitrogens is 2. The average molecular weight is 1340 g/mol. The quantitative estimate of drug-likeness (QED) is 0.0558. The summed E-state index contributed by atoms with van der Waals surface area (Å²) >= 11 is 0. The fraction of sp³-hybridized carbons (Fsp3) is 0.488. The topological polar surface area (TPSA) is 216 Å². The van der Waals surface area contributed by atoms with E-state index in [-0.39, 0.29) is 113 Å². The van der Waals surface area contributed by atoms with Gasteiger partial charge in [0.2, 0.25) is 5.75 Å². The van der Waals surface area contributed by atoms with Crippen molar-refractivity contribution in [2.24, 2.45) is 45.3 Å². The van der Waals surface area contributed by atoms with E-state index < -0.39 is 35.0 Å². The molecule has 2 aromatic heterocycles. The summed E-state index contributed by atoms with van der Waals surface area (Å²) in [6.07, 6.45) is 31.5. The van der Waals surface area contributed by atoms with Gasteiger partial charge in [0, 0.05) is 116 Å². The van der Waals surface area contributed by atoms with Gasteiger partial charge in [-0.2, -0.15) is 0 Å². The van der Waals surface area contributed by atoms with Crippen LogP contribution >= 0.6 is 0 Å². The molecule has 6 aromatic rings. The van der Waals surface area contributed by atoms with E-state index in [1.165, 1.54) is 25.7 Å². The number of rotatable bonds is 8. The molecule has 6 aliphatic heterocycles. The number of esters is 1. The lowest BCUT2D eigenvalue weighted by Crippen LogP contribution is -2.37. The molecule has 0 saturated heterocycles. The van der Waals surface area contributed by atoms with Gasteiger partial charge in [0.1, 0.15) is 40.7 Å². The van der Waals surface area contributed by atoms with Crippen LogP contribution in [0, 0.1) is 57.2 Å². The number of phenols is 3. The van der Waals surface area contributed by atoms with Gasteiger partial charge in [-0.15, -0.1) is 0 Å². The SMILES string of the molecule is COc1cc2cc(O)c1Oc1cc(O)cc(c1)C[C@@H]1CC[C@]3(CC[C@]4(CC[C@]5(Cc6c7c(ccc8c7cn6[C@H]2CC(=O)C[C@H](OC(C)=O)CC[C@@]26Cc7c[nH]cc7[C@H](C#CCC2=CC=C[C@@H]6C)[C@H](c2cccc(O)c2)C2=CCNC(=C2)N8CCC(=O)C2CCCC2)[C@H]5O)C4)C3)C[C@@H]1CO. The summed E-state index contributed by atoms with van der Waals surface area (Å²) in [6.45, 7) is 4.52. The Bertz CT molecular complexity index is 4420. The third kappa shape index (κ3) is 11.8. The molecule has 516 valence electrons. The molecule has 19 rings (SSSR count). The highest BCUT2D eigenvalue weighted by Crippen LogP contribution is 2.70. The van der Waals surface area contributed by atoms with Crippen molar-refractivity contribution < 1.29 is 54.1 Å². The number of dihydropyridines is 1. The van der Waals surface area contributed by atoms with E-state index in [1.807, 2.05) is 24.3 Å². The van der Waals surface area contributed by atoms with Crippen LogP contribution in [0.15, 0.2) is 133 Å². The van der Waals surface area contributed by atoms with E-state index in [9.17, 15) is 35.1 Å². The molecule has 13 aliphatic rings. The number of ketones is 2. The lowest BCUT2D eigenvalue weighted by Gasteiger charge is -2.44. The van der Waals surface area contributed by atoms with E-state index in [4.69, 9.17) is 14.2 Å². The van der Waals surface area contributed by atoms with Gasteiger partial charge in [0.05, 0.1) is 30.9 Å². The van der Waals surface area contributed by atoms with E-state index in [0.29, 0.717) is 62.9 Å². The van der Waals surface area contributed by atoms with E-state index in [2.05, 4.69) is 106 Å². The Morgan fingerprint density at radius 1 is 0.859 bits per heavy atom. The number of carbonyl (C=O) groups excluding carboxylic acids is 3. The highest BCUT2D eigenvalue weighted by atomic mass is 16.5. The van der Waals surface area contributed by atoms with Crippen molar-refractivity contribution in [1.82, 2.24) is 14.9 Å². The number of aromatic amines is 1. The van der Waals surface area contributed by atoms with Crippen LogP contribution in [0.1, 0.15) is 199 Å². The molecule has 15 bridgehead atoms. The number of allylic oxidation sites excluding steroid dienone is 6. The predicted molar refractivity (Wildman–Crippen MR) is 380 cm³/mol. The Kier molecular flexibility index (Phi) is 16.9. The predicted octanol–water partition coefficient (Wildman–Crippen LogP) is 15.4. The third-order valence-corrected chi connectivity index (χ3v) is 26.0. The summed E-state index contributed by atoms with van der Waals surface area (Å²) in [5.74, 6) is 7.95. The van der Waals surface area contributed by atoms with Crippen molar-refractivity contribution in [3.8, 4) is 46.3 Å². The largest absolute Gasteiger partial charge is 0.508 e. The molecule has 0 unspecified atom stereocenters. The number of nitrogens with one attached hydrogen (secondary N) is 2. The first-order valence-electron chi connectivity index (χ1n) is 36.7. The zero-order chi connectivity index (χ0) is 68.1. The minimum Gasteiger partial charge on any atom is -0.508 e. The molecule has 99 heavy (non-hydrogen) atoms. The van der Waals surface area contributed by atoms with Crippen molar-refractivity contribution in [2.75, 3.05) is 31.7 Å². The van der Waals surface area contributed by atoms with Gasteiger partial charge in [0.15, 0.2) is 11.5 Å². The molecule has 4 saturated carbocycles. The molecular formula is C84H94N4O11. The second kappa shape index (κ2) is 25.6. The monoisotopic (exact) mass is 1330 g/mol. The number of hydrogen-bond acceptors (Lipinski definition) is 13. The first-order valence-corrected chi connectivity index (χ1v) is 36.7. The number of anilines is 1. The second-order valence-corrected chi connectivity index (χ2v) is 31.8. The van der Waals surface area contributed by atoms with Gasteiger partial charge >= 0.3 is 5.97 Å². The number of fused-ring (bicyclic) bond motifs is 1. The molecule has 0 amide bonds. The summed E-state index contributed by atoms with van der Waals surface area (Å²) in [7, 11) is 1.52. The molecule has 0 radical (unpaired) electrons. The van der Waals surface area contributed by atoms with E-state index >= 15 is 4.79 Å². The van der Waals surface area contributed by atoms with Crippen LogP contribution in [0.25, 0.3) is 10.8 Å². The van der Waals surface area contributed by atoms with Gasteiger partial charge in [-0.25, -0.2) is 0 Å². The normalized spacial score (nSPS) is 30.9. The molecule has 8 heterocycles. The molecule has 7 aliphatic carbocycles. The van der Waals surface area contributed by atoms with Crippen LogP contribution in [0.4, 0.5) is 5.69 Å². The zero-order valence-corrected chi connectivity index (χ0v) is 57.4. The highest BCUT2D eigenvalue weighted by Gasteiger charge is 2.60. The molecule has 4 aromatic carbocycles. The first kappa shape index (κ1) is 65.2. The third-order valence-electron chi connectivity index (χ3n) is 26.0. The number of aliphatic hydroxyl groups excluding tert-OH is 2. The standard InChI is InChI=1S/C84H94N4O11/c1-50-9-6-13-60-14-8-16-66-68-45-85-44-58(68)42-84(50,60)24-20-64(98-51(2)90)38-63(93)40-71-57-35-74(95)79(75(36-57)97-3)99-65-33-52(32-62(92)39-65)31-54-19-23-81(41-59(54)47-89)25-26-82(48-81)27-28-83(49-82)43-72-78-67(80(83)96)17-18-70(69(78)46-88(71)72)87(30-22-73(94)53-10-4-5-11-53)76-37-56(21-29-86-76)77(66)55-12-7-15-61(91)34-55/h6-7,9,12-13,15,17-18,21,32-37,39,44-46,50,53-54,59,64,66,71,77,80,85-86,89,91-92,95-96H,4-5,10-11,14,19-20,22-31,38,40-43,47-49H2,1-3H3/t50-,54-,59+,64+,66-,71-,77+,80+,81-,82-,83-,84-/m0/s1. The van der Waals surface area contributed by atoms with Crippen molar-refractivity contribution in [3.63, 3.8) is 0 Å². The summed E-state index contributed by atoms with van der Waals surface area (Å²) in [4.78, 5) is 50.0. The summed E-state index contributed by atoms with van der Waals surface area (Å²) in [6, 6.07) is 19.7. The van der Waals surface area contributed by atoms with Crippen molar-refractivity contribution in [2.45, 2.75) is 185 Å². The van der Waals surface area contributed by atoms with Crippen LogP contribution in [-0.2, 0) is 38.4 Å². The number of methoxy groups -OCH3 is 1. The number of ether oxygens (including phenoxy) is 3. The van der Waals surface area contributed by atoms with Gasteiger partial charge < -0.3 is 59.5 Å². The van der Waals surface area contributed by atoms with E-state index in [0.717, 1.165) is 145 Å². The number of hydrogen-bond donors (Lipinski definition) is 7. The fourth-order valence-electron chi connectivity index (χ4n) is 21.3. The summed E-state index contributed by atoms with van der Waals surface area (Å²) in [5, 5.41) is 65.9. The lowest BCUT2D eigenvalue weighted by atomic mass is 9.61. The second-order valence-electron chi connectivity index (χ2n) is 31.8. The van der Waals surface area contributed by atoms with E-state index in [1.54, 1.807) is 18.2 Å². The van der Waals surface area contributed by atoms with Crippen molar-refractivity contribution in [1.29, 1.82) is 0 Å². The van der Waals surface area contributed by atoms with Crippen LogP contribution in [0.3, 0.4) is 0 Å². The van der Waals surface area contributed by atoms with Gasteiger partial charge in [0.25, 0.3) is 0 Å². The number of nitrogens with zero attached hydrogens (tertiary/aromatic N) is 2. The van der Waals surface area contributed by atoms with Crippen LogP contribution in [-0.4, -0.2) is 85.5 Å². The smallest absolute Gasteiger partial charge is 0.302 e. The Morgan fingerprint density at radius 3 is 2.54 bits per heavy atom. The number of benzene rings is 4. The van der Waals surface area contributed by atoms with Gasteiger partial charge in [-0.1, -0.05) is 79.7 Å². The number of H-pyrrole nitrogens is 1. The summed E-state index contributed by atoms with van der Waals surface area (Å²) < 4.78 is 21.4. The van der Waals surface area contributed by atoms with Crippen molar-refractivity contribution in [3.05, 3.63) is 172 Å². The highest BCUT2D eigenvalue weighted by molar-refractivity contribution is 6.01. The number of aromatic hydroxyl groups is 3. The van der Waals surface area contributed by atoms with Gasteiger partial charge in [-0.3, -0.25) is 14.4 Å². The van der Waals surface area contributed by atoms with Crippen LogP contribution < -0.4 is 19.7 Å². The Balaban J connectivity index is 0.926. The molecule has 4 spiro atoms. The lowest BCUT2D eigenvalue weighted by molar-refractivity contribution is -0.148. The number of Topliss-reactive ketones (excluding diaryl/α,β-unsaturated/α-hetero) is 2. The number of phenolic OH excluding ortho intramolecular Hbond substituents is 3. The maximum absolute atomic E-state index is 16.0. The van der Waals surface area contributed by atoms with Crippen molar-refractivity contribution >= 4 is 34.0 Å². The van der Waals surface area contributed by atoms with Crippen LogP contribution in [0.2, 0.25) is 0 Å². The Hall–Kier alpha value is -8.45. The molecule has 15 heteroatoms. The molecule has 4 fully saturated rings. The minimum absolute atomic E-state index is 0.0160. The Morgan fingerprint density at radius 2 is 1.71 bits per heavy atom. The molecular weight excluding hydrogens is 1240 g/mol. The summed E-state index contributed by atoms with van der Waals surface area (Å²) in [5.41, 5.74) is 8.20. The first-order chi connectivity index (χ1) is 47.9. The maximum Gasteiger partial charge on any atom is 0.302 e. The van der Waals surface area contributed by atoms with Gasteiger partial charge in [-0.05, 0) is 219 Å². The number of aliphatic hydroxyl groups is 2.